The monoisotopic (exact) mass is 380 g/mol. The largest absolute Gasteiger partial charge is 0.497 e. The number of nitrogens with zero attached hydrogens (tertiary/aromatic N) is 2. The van der Waals surface area contributed by atoms with Gasteiger partial charge in [0.15, 0.2) is 0 Å². The zero-order valence-corrected chi connectivity index (χ0v) is 15.2. The van der Waals surface area contributed by atoms with E-state index < -0.39 is 0 Å². The Morgan fingerprint density at radius 2 is 1.75 bits per heavy atom. The molecule has 0 radical (unpaired) electrons. The van der Waals surface area contributed by atoms with Gasteiger partial charge in [0.2, 0.25) is 5.89 Å². The topological polar surface area (TPSA) is 48.2 Å². The second-order valence-corrected chi connectivity index (χ2v) is 6.72. The van der Waals surface area contributed by atoms with Crippen LogP contribution in [0.3, 0.4) is 0 Å². The maximum Gasteiger partial charge on any atom is 0.276 e. The summed E-state index contributed by atoms with van der Waals surface area (Å²) >= 11 is 13.7. The van der Waals surface area contributed by atoms with Crippen molar-refractivity contribution in [2.24, 2.45) is 0 Å². The minimum Gasteiger partial charge on any atom is -0.497 e. The maximum absolute atomic E-state index is 6.16. The molecule has 2 aromatic carbocycles. The average Bonchev–Trinajstić information content (AvgIpc) is 3.02. The SMILES string of the molecule is COc1ccc(Cc2nnc(SCc3c(Cl)cccc3Cl)o2)cc1. The second-order valence-electron chi connectivity index (χ2n) is 4.98. The van der Waals surface area contributed by atoms with Crippen molar-refractivity contribution in [3.05, 3.63) is 69.5 Å². The van der Waals surface area contributed by atoms with Crippen molar-refractivity contribution < 1.29 is 9.15 Å². The lowest BCUT2D eigenvalue weighted by Gasteiger charge is -2.04. The lowest BCUT2D eigenvalue weighted by Crippen LogP contribution is -1.89. The summed E-state index contributed by atoms with van der Waals surface area (Å²) < 4.78 is 10.8. The summed E-state index contributed by atoms with van der Waals surface area (Å²) in [5, 5.41) is 9.89. The lowest BCUT2D eigenvalue weighted by atomic mass is 10.1. The fourth-order valence-corrected chi connectivity index (χ4v) is 3.61. The van der Waals surface area contributed by atoms with Gasteiger partial charge < -0.3 is 9.15 Å². The molecule has 3 aromatic rings. The molecule has 0 unspecified atom stereocenters. The smallest absolute Gasteiger partial charge is 0.276 e. The van der Waals surface area contributed by atoms with Crippen LogP contribution in [0, 0.1) is 0 Å². The number of rotatable bonds is 6. The minimum atomic E-state index is 0.495. The van der Waals surface area contributed by atoms with Crippen molar-refractivity contribution >= 4 is 35.0 Å². The van der Waals surface area contributed by atoms with E-state index in [0.29, 0.717) is 33.3 Å². The third-order valence-corrected chi connectivity index (χ3v) is 4.92. The predicted molar refractivity (Wildman–Crippen MR) is 96.1 cm³/mol. The van der Waals surface area contributed by atoms with E-state index in [1.165, 1.54) is 11.8 Å². The molecule has 0 aliphatic carbocycles. The molecule has 0 fully saturated rings. The molecular weight excluding hydrogens is 367 g/mol. The number of halogens is 2. The van der Waals surface area contributed by atoms with E-state index in [0.717, 1.165) is 16.9 Å². The van der Waals surface area contributed by atoms with Crippen LogP contribution in [-0.2, 0) is 12.2 Å². The van der Waals surface area contributed by atoms with Crippen molar-refractivity contribution in [2.45, 2.75) is 17.4 Å². The molecule has 0 saturated heterocycles. The molecule has 0 saturated carbocycles. The Hall–Kier alpha value is -1.69. The molecule has 0 aliphatic rings. The molecule has 4 nitrogen and oxygen atoms in total. The number of thioether (sulfide) groups is 1. The summed E-state index contributed by atoms with van der Waals surface area (Å²) in [5.41, 5.74) is 1.94. The second kappa shape index (κ2) is 7.92. The van der Waals surface area contributed by atoms with Crippen molar-refractivity contribution in [1.82, 2.24) is 10.2 Å². The standard InChI is InChI=1S/C17H14Cl2N2O2S/c1-22-12-7-5-11(6-8-12)9-16-20-21-17(23-16)24-10-13-14(18)3-2-4-15(13)19/h2-8H,9-10H2,1H3. The van der Waals surface area contributed by atoms with Crippen LogP contribution in [0.25, 0.3) is 0 Å². The van der Waals surface area contributed by atoms with Gasteiger partial charge in [-0.05, 0) is 35.4 Å². The Morgan fingerprint density at radius 1 is 1.04 bits per heavy atom. The Labute approximate surface area is 154 Å². The van der Waals surface area contributed by atoms with Crippen LogP contribution in [0.1, 0.15) is 17.0 Å². The van der Waals surface area contributed by atoms with Gasteiger partial charge >= 0.3 is 0 Å². The first-order valence-electron chi connectivity index (χ1n) is 7.16. The van der Waals surface area contributed by atoms with Crippen LogP contribution in [0.5, 0.6) is 5.75 Å². The highest BCUT2D eigenvalue weighted by Gasteiger charge is 2.11. The van der Waals surface area contributed by atoms with Gasteiger partial charge in [0.05, 0.1) is 13.5 Å². The van der Waals surface area contributed by atoms with E-state index in [2.05, 4.69) is 10.2 Å². The van der Waals surface area contributed by atoms with Gasteiger partial charge in [-0.2, -0.15) is 0 Å². The third-order valence-electron chi connectivity index (χ3n) is 3.36. The molecule has 7 heteroatoms. The highest BCUT2D eigenvalue weighted by molar-refractivity contribution is 7.98. The molecule has 0 spiro atoms. The molecule has 0 amide bonds. The number of hydrogen-bond donors (Lipinski definition) is 0. The molecule has 1 aromatic heterocycles. The predicted octanol–water partition coefficient (Wildman–Crippen LogP) is 5.27. The minimum absolute atomic E-state index is 0.495. The van der Waals surface area contributed by atoms with Crippen molar-refractivity contribution in [3.63, 3.8) is 0 Å². The first-order chi connectivity index (χ1) is 11.7. The van der Waals surface area contributed by atoms with E-state index in [9.17, 15) is 0 Å². The summed E-state index contributed by atoms with van der Waals surface area (Å²) in [5.74, 6) is 1.95. The fourth-order valence-electron chi connectivity index (χ4n) is 2.09. The molecule has 3 rings (SSSR count). The summed E-state index contributed by atoms with van der Waals surface area (Å²) in [6, 6.07) is 13.2. The number of aromatic nitrogens is 2. The molecule has 0 atom stereocenters. The molecule has 1 heterocycles. The van der Waals surface area contributed by atoms with Crippen LogP contribution in [0.15, 0.2) is 52.1 Å². The molecule has 0 bridgehead atoms. The van der Waals surface area contributed by atoms with E-state index in [1.54, 1.807) is 7.11 Å². The quantitative estimate of drug-likeness (QED) is 0.545. The van der Waals surface area contributed by atoms with E-state index >= 15 is 0 Å². The zero-order chi connectivity index (χ0) is 16.9. The van der Waals surface area contributed by atoms with Crippen LogP contribution >= 0.6 is 35.0 Å². The van der Waals surface area contributed by atoms with Gasteiger partial charge in [-0.25, -0.2) is 0 Å². The number of methoxy groups -OCH3 is 1. The van der Waals surface area contributed by atoms with Crippen LogP contribution in [-0.4, -0.2) is 17.3 Å². The number of hydrogen-bond acceptors (Lipinski definition) is 5. The highest BCUT2D eigenvalue weighted by atomic mass is 35.5. The third kappa shape index (κ3) is 4.23. The molecule has 0 N–H and O–H groups in total. The van der Waals surface area contributed by atoms with Crippen LogP contribution < -0.4 is 4.74 Å². The van der Waals surface area contributed by atoms with Crippen LogP contribution in [0.4, 0.5) is 0 Å². The fraction of sp³-hybridized carbons (Fsp3) is 0.176. The molecular formula is C17H14Cl2N2O2S. The number of ether oxygens (including phenoxy) is 1. The van der Waals surface area contributed by atoms with Gasteiger partial charge in [-0.15, -0.1) is 10.2 Å². The lowest BCUT2D eigenvalue weighted by molar-refractivity contribution is 0.413. The first kappa shape index (κ1) is 17.1. The zero-order valence-electron chi connectivity index (χ0n) is 12.8. The van der Waals surface area contributed by atoms with E-state index in [4.69, 9.17) is 32.4 Å². The summed E-state index contributed by atoms with van der Waals surface area (Å²) in [6.07, 6.45) is 0.574. The van der Waals surface area contributed by atoms with Crippen molar-refractivity contribution in [1.29, 1.82) is 0 Å². The molecule has 24 heavy (non-hydrogen) atoms. The van der Waals surface area contributed by atoms with Gasteiger partial charge in [-0.3, -0.25) is 0 Å². The Balaban J connectivity index is 1.63. The summed E-state index contributed by atoms with van der Waals surface area (Å²) in [7, 11) is 1.64. The van der Waals surface area contributed by atoms with Crippen molar-refractivity contribution in [2.75, 3.05) is 7.11 Å². The van der Waals surface area contributed by atoms with Gasteiger partial charge in [-0.1, -0.05) is 53.2 Å². The van der Waals surface area contributed by atoms with Crippen LogP contribution in [0.2, 0.25) is 10.0 Å². The van der Waals surface area contributed by atoms with Crippen molar-refractivity contribution in [3.8, 4) is 5.75 Å². The van der Waals surface area contributed by atoms with Gasteiger partial charge in [0, 0.05) is 15.8 Å². The van der Waals surface area contributed by atoms with Gasteiger partial charge in [0.25, 0.3) is 5.22 Å². The molecule has 0 aliphatic heterocycles. The number of benzene rings is 2. The Kier molecular flexibility index (Phi) is 5.66. The normalized spacial score (nSPS) is 10.8. The van der Waals surface area contributed by atoms with E-state index in [1.807, 2.05) is 42.5 Å². The Morgan fingerprint density at radius 3 is 2.42 bits per heavy atom. The van der Waals surface area contributed by atoms with Gasteiger partial charge in [0.1, 0.15) is 5.75 Å². The summed E-state index contributed by atoms with van der Waals surface area (Å²) in [4.78, 5) is 0. The highest BCUT2D eigenvalue weighted by Crippen LogP contribution is 2.31. The average molecular weight is 381 g/mol. The first-order valence-corrected chi connectivity index (χ1v) is 8.91. The summed E-state index contributed by atoms with van der Waals surface area (Å²) in [6.45, 7) is 0. The maximum atomic E-state index is 6.16. The Bertz CT molecular complexity index is 801. The molecule has 124 valence electrons. The van der Waals surface area contributed by atoms with E-state index in [-0.39, 0.29) is 0 Å².